The third-order valence-corrected chi connectivity index (χ3v) is 3.12. The fourth-order valence-electron chi connectivity index (χ4n) is 1.42. The van der Waals surface area contributed by atoms with Gasteiger partial charge in [-0.25, -0.2) is 0 Å². The van der Waals surface area contributed by atoms with Crippen LogP contribution in [0.25, 0.3) is 0 Å². The fraction of sp³-hybridized carbons (Fsp3) is 0.588. The highest BCUT2D eigenvalue weighted by molar-refractivity contribution is 5.80. The van der Waals surface area contributed by atoms with Crippen LogP contribution in [-0.2, 0) is 4.84 Å². The molecule has 0 saturated carbocycles. The summed E-state index contributed by atoms with van der Waals surface area (Å²) in [4.78, 5) is 5.35. The molecular weight excluding hydrogens is 266 g/mol. The van der Waals surface area contributed by atoms with E-state index in [0.717, 1.165) is 30.1 Å². The molecule has 118 valence electrons. The molecule has 21 heavy (non-hydrogen) atoms. The third kappa shape index (κ3) is 7.02. The molecule has 1 aromatic rings. The van der Waals surface area contributed by atoms with E-state index in [1.54, 1.807) is 0 Å². The number of nitrogens with zero attached hydrogens (tertiary/aromatic N) is 1. The van der Waals surface area contributed by atoms with E-state index < -0.39 is 0 Å². The van der Waals surface area contributed by atoms with Gasteiger partial charge in [-0.2, -0.15) is 0 Å². The van der Waals surface area contributed by atoms with Crippen LogP contribution in [-0.4, -0.2) is 24.5 Å². The van der Waals surface area contributed by atoms with Crippen molar-refractivity contribution in [3.63, 3.8) is 0 Å². The van der Waals surface area contributed by atoms with Crippen molar-refractivity contribution in [2.75, 3.05) is 6.61 Å². The molecule has 2 unspecified atom stereocenters. The Balaban J connectivity index is 2.38. The number of ether oxygens (including phenoxy) is 2. The SMILES string of the molecule is CCC(C)=NOC(C)COc1ccc(OC(C)CC)cc1. The van der Waals surface area contributed by atoms with E-state index in [1.165, 1.54) is 0 Å². The molecule has 0 N–H and O–H groups in total. The van der Waals surface area contributed by atoms with Crippen molar-refractivity contribution in [2.24, 2.45) is 5.16 Å². The van der Waals surface area contributed by atoms with Crippen LogP contribution in [0.5, 0.6) is 11.5 Å². The molecule has 0 saturated heterocycles. The quantitative estimate of drug-likeness (QED) is 0.499. The number of rotatable bonds is 9. The molecule has 0 spiro atoms. The Labute approximate surface area is 128 Å². The molecule has 0 bridgehead atoms. The average Bonchev–Trinajstić information content (AvgIpc) is 2.51. The van der Waals surface area contributed by atoms with Gasteiger partial charge in [-0.05, 0) is 57.9 Å². The normalized spacial score (nSPS) is 14.4. The van der Waals surface area contributed by atoms with Gasteiger partial charge in [0.2, 0.25) is 0 Å². The van der Waals surface area contributed by atoms with Crippen molar-refractivity contribution < 1.29 is 14.3 Å². The predicted molar refractivity (Wildman–Crippen MR) is 86.3 cm³/mol. The lowest BCUT2D eigenvalue weighted by atomic mass is 10.3. The molecule has 4 heteroatoms. The van der Waals surface area contributed by atoms with Gasteiger partial charge in [0.05, 0.1) is 11.8 Å². The van der Waals surface area contributed by atoms with E-state index in [2.05, 4.69) is 19.0 Å². The fourth-order valence-corrected chi connectivity index (χ4v) is 1.42. The van der Waals surface area contributed by atoms with Crippen LogP contribution in [0.4, 0.5) is 0 Å². The lowest BCUT2D eigenvalue weighted by Crippen LogP contribution is -2.16. The topological polar surface area (TPSA) is 40.0 Å². The molecule has 0 fully saturated rings. The van der Waals surface area contributed by atoms with Crippen molar-refractivity contribution in [1.29, 1.82) is 0 Å². The van der Waals surface area contributed by atoms with Crippen molar-refractivity contribution in [2.45, 2.75) is 59.7 Å². The monoisotopic (exact) mass is 293 g/mol. The zero-order chi connectivity index (χ0) is 15.7. The summed E-state index contributed by atoms with van der Waals surface area (Å²) in [6.07, 6.45) is 2.03. The van der Waals surface area contributed by atoms with E-state index in [4.69, 9.17) is 14.3 Å². The van der Waals surface area contributed by atoms with Gasteiger partial charge in [0.1, 0.15) is 18.1 Å². The molecular formula is C17H27NO3. The Morgan fingerprint density at radius 1 is 1.05 bits per heavy atom. The number of benzene rings is 1. The largest absolute Gasteiger partial charge is 0.491 e. The molecule has 0 amide bonds. The number of hydrogen-bond acceptors (Lipinski definition) is 4. The van der Waals surface area contributed by atoms with Gasteiger partial charge >= 0.3 is 0 Å². The first kappa shape index (κ1) is 17.3. The van der Waals surface area contributed by atoms with Crippen molar-refractivity contribution in [3.8, 4) is 11.5 Å². The van der Waals surface area contributed by atoms with Crippen LogP contribution >= 0.6 is 0 Å². The van der Waals surface area contributed by atoms with Gasteiger partial charge in [-0.3, -0.25) is 0 Å². The highest BCUT2D eigenvalue weighted by Gasteiger charge is 2.05. The standard InChI is InChI=1S/C17H27NO3/c1-6-13(3)18-21-15(5)12-19-16-8-10-17(11-9-16)20-14(4)7-2/h8-11,14-15H,6-7,12H2,1-5H3. The molecule has 0 aromatic heterocycles. The summed E-state index contributed by atoms with van der Waals surface area (Å²) in [6, 6.07) is 7.66. The second-order valence-electron chi connectivity index (χ2n) is 5.22. The second-order valence-corrected chi connectivity index (χ2v) is 5.22. The first-order valence-corrected chi connectivity index (χ1v) is 7.63. The van der Waals surface area contributed by atoms with Gasteiger partial charge in [0, 0.05) is 0 Å². The molecule has 1 aromatic carbocycles. The predicted octanol–water partition coefficient (Wildman–Crippen LogP) is 4.43. The summed E-state index contributed by atoms with van der Waals surface area (Å²) in [5.41, 5.74) is 0.980. The smallest absolute Gasteiger partial charge is 0.158 e. The summed E-state index contributed by atoms with van der Waals surface area (Å²) in [5.74, 6) is 1.67. The summed E-state index contributed by atoms with van der Waals surface area (Å²) < 4.78 is 11.4. The summed E-state index contributed by atoms with van der Waals surface area (Å²) in [6.45, 7) is 10.6. The van der Waals surface area contributed by atoms with Crippen LogP contribution in [0.2, 0.25) is 0 Å². The highest BCUT2D eigenvalue weighted by Crippen LogP contribution is 2.19. The lowest BCUT2D eigenvalue weighted by Gasteiger charge is -2.14. The van der Waals surface area contributed by atoms with E-state index in [9.17, 15) is 0 Å². The van der Waals surface area contributed by atoms with Crippen LogP contribution in [0.15, 0.2) is 29.4 Å². The van der Waals surface area contributed by atoms with E-state index >= 15 is 0 Å². The molecule has 1 rings (SSSR count). The Hall–Kier alpha value is -1.71. The molecule has 0 radical (unpaired) electrons. The van der Waals surface area contributed by atoms with Crippen LogP contribution in [0.3, 0.4) is 0 Å². The minimum atomic E-state index is -0.0810. The maximum Gasteiger partial charge on any atom is 0.158 e. The second kappa shape index (κ2) is 9.27. The van der Waals surface area contributed by atoms with Gasteiger partial charge in [-0.1, -0.05) is 19.0 Å². The van der Waals surface area contributed by atoms with E-state index in [1.807, 2.05) is 45.0 Å². The van der Waals surface area contributed by atoms with Crippen molar-refractivity contribution in [3.05, 3.63) is 24.3 Å². The summed E-state index contributed by atoms with van der Waals surface area (Å²) in [7, 11) is 0. The first-order chi connectivity index (χ1) is 10.0. The molecule has 2 atom stereocenters. The first-order valence-electron chi connectivity index (χ1n) is 7.63. The molecule has 0 heterocycles. The lowest BCUT2D eigenvalue weighted by molar-refractivity contribution is 0.0362. The summed E-state index contributed by atoms with van der Waals surface area (Å²) >= 11 is 0. The zero-order valence-electron chi connectivity index (χ0n) is 13.8. The number of hydrogen-bond donors (Lipinski definition) is 0. The number of oxime groups is 1. The summed E-state index contributed by atoms with van der Waals surface area (Å²) in [5, 5.41) is 4.03. The minimum absolute atomic E-state index is 0.0810. The van der Waals surface area contributed by atoms with Crippen molar-refractivity contribution in [1.82, 2.24) is 0 Å². The maximum absolute atomic E-state index is 5.72. The van der Waals surface area contributed by atoms with Gasteiger partial charge in [0.15, 0.2) is 6.10 Å². The average molecular weight is 293 g/mol. The van der Waals surface area contributed by atoms with Gasteiger partial charge in [-0.15, -0.1) is 0 Å². The van der Waals surface area contributed by atoms with Crippen LogP contribution in [0, 0.1) is 0 Å². The molecule has 4 nitrogen and oxygen atoms in total. The Morgan fingerprint density at radius 2 is 1.67 bits per heavy atom. The zero-order valence-corrected chi connectivity index (χ0v) is 13.8. The van der Waals surface area contributed by atoms with Crippen LogP contribution < -0.4 is 9.47 Å². The Kier molecular flexibility index (Phi) is 7.65. The highest BCUT2D eigenvalue weighted by atomic mass is 16.6. The molecule has 0 aliphatic heterocycles. The third-order valence-electron chi connectivity index (χ3n) is 3.12. The molecule has 0 aliphatic rings. The Bertz CT molecular complexity index is 428. The van der Waals surface area contributed by atoms with Crippen molar-refractivity contribution >= 4 is 5.71 Å². The minimum Gasteiger partial charge on any atom is -0.491 e. The molecule has 0 aliphatic carbocycles. The van der Waals surface area contributed by atoms with Gasteiger partial charge in [0.25, 0.3) is 0 Å². The van der Waals surface area contributed by atoms with E-state index in [-0.39, 0.29) is 12.2 Å². The van der Waals surface area contributed by atoms with Crippen LogP contribution in [0.1, 0.15) is 47.5 Å². The van der Waals surface area contributed by atoms with Gasteiger partial charge < -0.3 is 14.3 Å². The Morgan fingerprint density at radius 3 is 2.24 bits per heavy atom. The maximum atomic E-state index is 5.72. The van der Waals surface area contributed by atoms with E-state index in [0.29, 0.717) is 6.61 Å².